The van der Waals surface area contributed by atoms with Gasteiger partial charge in [-0.25, -0.2) is 0 Å². The second kappa shape index (κ2) is 6.59. The molecule has 2 aromatic rings. The summed E-state index contributed by atoms with van der Waals surface area (Å²) in [6.45, 7) is 7.72. The highest BCUT2D eigenvalue weighted by Crippen LogP contribution is 2.21. The lowest BCUT2D eigenvalue weighted by Gasteiger charge is -2.20. The predicted molar refractivity (Wildman–Crippen MR) is 77.0 cm³/mol. The number of hydrogen-bond donors (Lipinski definition) is 1. The van der Waals surface area contributed by atoms with Gasteiger partial charge in [-0.15, -0.1) is 0 Å². The van der Waals surface area contributed by atoms with Crippen molar-refractivity contribution in [2.24, 2.45) is 0 Å². The molecule has 1 aromatic heterocycles. The van der Waals surface area contributed by atoms with Gasteiger partial charge in [-0.3, -0.25) is 9.97 Å². The van der Waals surface area contributed by atoms with Gasteiger partial charge in [-0.05, 0) is 32.0 Å². The maximum atomic E-state index is 5.75. The summed E-state index contributed by atoms with van der Waals surface area (Å²) in [5.74, 6) is 0. The summed E-state index contributed by atoms with van der Waals surface area (Å²) in [7, 11) is 0. The third kappa shape index (κ3) is 3.49. The Bertz CT molecular complexity index is 522. The zero-order valence-corrected chi connectivity index (χ0v) is 11.8. The second-order valence-electron chi connectivity index (χ2n) is 4.76. The van der Waals surface area contributed by atoms with Crippen molar-refractivity contribution in [2.75, 3.05) is 13.2 Å². The Morgan fingerprint density at radius 2 is 2.00 bits per heavy atom. The predicted octanol–water partition coefficient (Wildman–Crippen LogP) is 2.71. The van der Waals surface area contributed by atoms with E-state index in [9.17, 15) is 0 Å². The summed E-state index contributed by atoms with van der Waals surface area (Å²) in [5, 5.41) is 3.45. The monoisotopic (exact) mass is 259 g/mol. The van der Waals surface area contributed by atoms with Crippen LogP contribution in [-0.4, -0.2) is 29.2 Å². The summed E-state index contributed by atoms with van der Waals surface area (Å²) in [6.07, 6.45) is 3.68. The van der Waals surface area contributed by atoms with Crippen LogP contribution in [0.1, 0.15) is 32.4 Å². The van der Waals surface area contributed by atoms with Gasteiger partial charge in [0.25, 0.3) is 0 Å². The number of aromatic nitrogens is 2. The number of nitrogens with one attached hydrogen (secondary N) is 1. The van der Waals surface area contributed by atoms with Gasteiger partial charge in [-0.2, -0.15) is 0 Å². The number of fused-ring (bicyclic) bond motifs is 1. The third-order valence-electron chi connectivity index (χ3n) is 2.95. The van der Waals surface area contributed by atoms with Gasteiger partial charge >= 0.3 is 0 Å². The first-order chi connectivity index (χ1) is 9.22. The minimum absolute atomic E-state index is 0.146. The van der Waals surface area contributed by atoms with E-state index in [-0.39, 0.29) is 12.1 Å². The van der Waals surface area contributed by atoms with Crippen LogP contribution in [0, 0.1) is 0 Å². The quantitative estimate of drug-likeness (QED) is 0.866. The topological polar surface area (TPSA) is 47.0 Å². The molecule has 4 heteroatoms. The Balaban J connectivity index is 2.32. The minimum Gasteiger partial charge on any atom is -0.377 e. The molecule has 0 bridgehead atoms. The van der Waals surface area contributed by atoms with Crippen LogP contribution in [0.25, 0.3) is 11.0 Å². The maximum absolute atomic E-state index is 5.75. The number of hydrogen-bond acceptors (Lipinski definition) is 4. The first-order valence-electron chi connectivity index (χ1n) is 6.77. The van der Waals surface area contributed by atoms with Gasteiger partial charge < -0.3 is 10.1 Å². The van der Waals surface area contributed by atoms with Gasteiger partial charge in [0.15, 0.2) is 0 Å². The molecule has 0 saturated heterocycles. The van der Waals surface area contributed by atoms with Crippen LogP contribution in [-0.2, 0) is 4.74 Å². The lowest BCUT2D eigenvalue weighted by atomic mass is 10.1. The van der Waals surface area contributed by atoms with Crippen LogP contribution in [0.2, 0.25) is 0 Å². The van der Waals surface area contributed by atoms with Gasteiger partial charge in [0, 0.05) is 12.4 Å². The highest BCUT2D eigenvalue weighted by Gasteiger charge is 2.15. The highest BCUT2D eigenvalue weighted by molar-refractivity contribution is 5.78. The zero-order chi connectivity index (χ0) is 13.7. The van der Waals surface area contributed by atoms with E-state index in [1.807, 2.05) is 26.0 Å². The van der Waals surface area contributed by atoms with Crippen LogP contribution in [0.4, 0.5) is 0 Å². The number of rotatable bonds is 6. The summed E-state index contributed by atoms with van der Waals surface area (Å²) < 4.78 is 5.75. The van der Waals surface area contributed by atoms with Gasteiger partial charge in [0.2, 0.25) is 0 Å². The van der Waals surface area contributed by atoms with Crippen molar-refractivity contribution >= 4 is 11.0 Å². The van der Waals surface area contributed by atoms with E-state index in [0.29, 0.717) is 6.61 Å². The van der Waals surface area contributed by atoms with Crippen molar-refractivity contribution in [3.8, 4) is 0 Å². The molecule has 0 aliphatic rings. The molecule has 1 N–H and O–H groups in total. The molecule has 0 spiro atoms. The van der Waals surface area contributed by atoms with Crippen LogP contribution in [0.15, 0.2) is 30.6 Å². The van der Waals surface area contributed by atoms with E-state index in [0.717, 1.165) is 23.1 Å². The average molecular weight is 259 g/mol. The Hall–Kier alpha value is -1.52. The number of ether oxygens (including phenoxy) is 1. The van der Waals surface area contributed by atoms with Crippen LogP contribution in [0.3, 0.4) is 0 Å². The molecule has 102 valence electrons. The molecule has 0 fully saturated rings. The van der Waals surface area contributed by atoms with Crippen molar-refractivity contribution in [3.63, 3.8) is 0 Å². The fraction of sp³-hybridized carbons (Fsp3) is 0.467. The first kappa shape index (κ1) is 13.9. The third-order valence-corrected chi connectivity index (χ3v) is 2.95. The van der Waals surface area contributed by atoms with Gasteiger partial charge in [0.05, 0.1) is 29.8 Å². The maximum Gasteiger partial charge on any atom is 0.0935 e. The number of likely N-dealkylation sites (N-methyl/N-ethyl adjacent to an activating group) is 1. The standard InChI is InChI=1S/C15H21N3O/c1-4-16-14(10-19-11(2)3)12-6-5-7-13-15(12)18-9-8-17-13/h5-9,11,14,16H,4,10H2,1-3H3. The van der Waals surface area contributed by atoms with E-state index in [4.69, 9.17) is 4.74 Å². The van der Waals surface area contributed by atoms with Gasteiger partial charge in [0.1, 0.15) is 0 Å². The normalized spacial score (nSPS) is 13.1. The largest absolute Gasteiger partial charge is 0.377 e. The average Bonchev–Trinajstić information content (AvgIpc) is 2.43. The second-order valence-corrected chi connectivity index (χ2v) is 4.76. The zero-order valence-electron chi connectivity index (χ0n) is 11.8. The molecule has 0 amide bonds. The molecule has 0 radical (unpaired) electrons. The van der Waals surface area contributed by atoms with E-state index in [1.54, 1.807) is 12.4 Å². The molecular formula is C15H21N3O. The van der Waals surface area contributed by atoms with E-state index < -0.39 is 0 Å². The van der Waals surface area contributed by atoms with E-state index in [2.05, 4.69) is 28.3 Å². The lowest BCUT2D eigenvalue weighted by Crippen LogP contribution is -2.27. The smallest absolute Gasteiger partial charge is 0.0935 e. The van der Waals surface area contributed by atoms with Crippen molar-refractivity contribution in [1.29, 1.82) is 0 Å². The van der Waals surface area contributed by atoms with Crippen LogP contribution >= 0.6 is 0 Å². The number of para-hydroxylation sites is 1. The van der Waals surface area contributed by atoms with Crippen molar-refractivity contribution in [3.05, 3.63) is 36.2 Å². The Labute approximate surface area is 114 Å². The molecule has 1 unspecified atom stereocenters. The molecule has 1 atom stereocenters. The SMILES string of the molecule is CCNC(COC(C)C)c1cccc2nccnc12. The van der Waals surface area contributed by atoms with E-state index in [1.165, 1.54) is 0 Å². The number of nitrogens with zero attached hydrogens (tertiary/aromatic N) is 2. The van der Waals surface area contributed by atoms with Crippen LogP contribution in [0.5, 0.6) is 0 Å². The summed E-state index contributed by atoms with van der Waals surface area (Å²) in [6, 6.07) is 6.24. The molecule has 0 aliphatic heterocycles. The number of benzene rings is 1. The summed E-state index contributed by atoms with van der Waals surface area (Å²) in [4.78, 5) is 8.80. The molecular weight excluding hydrogens is 238 g/mol. The molecule has 2 rings (SSSR count). The lowest BCUT2D eigenvalue weighted by molar-refractivity contribution is 0.0616. The molecule has 0 saturated carbocycles. The first-order valence-corrected chi connectivity index (χ1v) is 6.77. The summed E-state index contributed by atoms with van der Waals surface area (Å²) in [5.41, 5.74) is 3.02. The molecule has 1 heterocycles. The van der Waals surface area contributed by atoms with Gasteiger partial charge in [-0.1, -0.05) is 19.1 Å². The van der Waals surface area contributed by atoms with Crippen molar-refractivity contribution in [2.45, 2.75) is 32.9 Å². The van der Waals surface area contributed by atoms with Crippen molar-refractivity contribution in [1.82, 2.24) is 15.3 Å². The van der Waals surface area contributed by atoms with Crippen molar-refractivity contribution < 1.29 is 4.74 Å². The molecule has 1 aromatic carbocycles. The molecule has 19 heavy (non-hydrogen) atoms. The Kier molecular flexibility index (Phi) is 4.82. The fourth-order valence-electron chi connectivity index (χ4n) is 2.09. The van der Waals surface area contributed by atoms with Crippen LogP contribution < -0.4 is 5.32 Å². The molecule has 0 aliphatic carbocycles. The fourth-order valence-corrected chi connectivity index (χ4v) is 2.09. The minimum atomic E-state index is 0.146. The Morgan fingerprint density at radius 3 is 2.74 bits per heavy atom. The van der Waals surface area contributed by atoms with E-state index >= 15 is 0 Å². The summed E-state index contributed by atoms with van der Waals surface area (Å²) >= 11 is 0. The molecule has 4 nitrogen and oxygen atoms in total. The Morgan fingerprint density at radius 1 is 1.21 bits per heavy atom. The highest BCUT2D eigenvalue weighted by atomic mass is 16.5.